The summed E-state index contributed by atoms with van der Waals surface area (Å²) < 4.78 is 3.67. The van der Waals surface area contributed by atoms with E-state index in [4.69, 9.17) is 0 Å². The van der Waals surface area contributed by atoms with Crippen molar-refractivity contribution in [2.24, 2.45) is 7.05 Å². The molecule has 20 heavy (non-hydrogen) atoms. The van der Waals surface area contributed by atoms with Gasteiger partial charge in [0.15, 0.2) is 11.2 Å². The van der Waals surface area contributed by atoms with Gasteiger partial charge >= 0.3 is 0 Å². The molecule has 0 spiro atoms. The van der Waals surface area contributed by atoms with Gasteiger partial charge < -0.3 is 9.55 Å². The van der Waals surface area contributed by atoms with Gasteiger partial charge in [0.05, 0.1) is 23.6 Å². The predicted octanol–water partition coefficient (Wildman–Crippen LogP) is 1.28. The molecule has 7 heteroatoms. The molecule has 0 fully saturated rings. The summed E-state index contributed by atoms with van der Waals surface area (Å²) in [5.74, 6) is 0.680. The van der Waals surface area contributed by atoms with E-state index in [1.54, 1.807) is 10.8 Å². The zero-order chi connectivity index (χ0) is 14.5. The maximum absolute atomic E-state index is 11.7. The molecular formula is C13H16N6O. The zero-order valence-corrected chi connectivity index (χ0v) is 11.9. The van der Waals surface area contributed by atoms with Crippen LogP contribution in [0.4, 0.5) is 0 Å². The van der Waals surface area contributed by atoms with Crippen LogP contribution in [0.25, 0.3) is 22.6 Å². The summed E-state index contributed by atoms with van der Waals surface area (Å²) in [6, 6.07) is 0. The molecule has 0 saturated heterocycles. The van der Waals surface area contributed by atoms with Crippen molar-refractivity contribution in [1.82, 2.24) is 29.3 Å². The van der Waals surface area contributed by atoms with E-state index >= 15 is 0 Å². The van der Waals surface area contributed by atoms with E-state index in [9.17, 15) is 4.79 Å². The fraction of sp³-hybridized carbons (Fsp3) is 0.385. The van der Waals surface area contributed by atoms with Crippen LogP contribution in [0, 0.1) is 0 Å². The van der Waals surface area contributed by atoms with E-state index in [-0.39, 0.29) is 11.1 Å². The molecule has 1 N–H and O–H groups in total. The summed E-state index contributed by atoms with van der Waals surface area (Å²) in [5, 5.41) is 4.35. The number of aryl methyl sites for hydroxylation is 1. The largest absolute Gasteiger partial charge is 0.312 e. The van der Waals surface area contributed by atoms with Gasteiger partial charge in [-0.15, -0.1) is 0 Å². The van der Waals surface area contributed by atoms with Gasteiger partial charge in [0, 0.05) is 13.2 Å². The molecule has 3 heterocycles. The minimum absolute atomic E-state index is 0.0987. The van der Waals surface area contributed by atoms with Crippen LogP contribution in [0.2, 0.25) is 0 Å². The van der Waals surface area contributed by atoms with E-state index in [2.05, 4.69) is 40.8 Å². The fourth-order valence-corrected chi connectivity index (χ4v) is 2.07. The van der Waals surface area contributed by atoms with Gasteiger partial charge in [0.1, 0.15) is 5.82 Å². The summed E-state index contributed by atoms with van der Waals surface area (Å²) in [5.41, 5.74) is 1.43. The molecule has 0 unspecified atom stereocenters. The van der Waals surface area contributed by atoms with Crippen molar-refractivity contribution in [2.75, 3.05) is 0 Å². The van der Waals surface area contributed by atoms with Crippen molar-refractivity contribution in [2.45, 2.75) is 26.3 Å². The van der Waals surface area contributed by atoms with Gasteiger partial charge in [-0.05, 0) is 20.8 Å². The molecular weight excluding hydrogens is 256 g/mol. The van der Waals surface area contributed by atoms with E-state index < -0.39 is 0 Å². The lowest BCUT2D eigenvalue weighted by atomic mass is 10.1. The second kappa shape index (κ2) is 4.03. The van der Waals surface area contributed by atoms with E-state index in [0.29, 0.717) is 17.0 Å². The maximum atomic E-state index is 11.7. The van der Waals surface area contributed by atoms with Gasteiger partial charge in [0.25, 0.3) is 5.56 Å². The molecule has 7 nitrogen and oxygen atoms in total. The van der Waals surface area contributed by atoms with Crippen LogP contribution in [0.15, 0.2) is 23.5 Å². The lowest BCUT2D eigenvalue weighted by Crippen LogP contribution is -2.21. The topological polar surface area (TPSA) is 81.4 Å². The van der Waals surface area contributed by atoms with Crippen molar-refractivity contribution in [1.29, 1.82) is 0 Å². The molecule has 0 amide bonds. The van der Waals surface area contributed by atoms with Crippen molar-refractivity contribution in [3.8, 4) is 11.4 Å². The molecule has 0 saturated carbocycles. The van der Waals surface area contributed by atoms with Crippen molar-refractivity contribution in [3.63, 3.8) is 0 Å². The van der Waals surface area contributed by atoms with Crippen molar-refractivity contribution >= 4 is 11.2 Å². The Morgan fingerprint density at radius 1 is 1.30 bits per heavy atom. The van der Waals surface area contributed by atoms with Crippen LogP contribution in [0.3, 0.4) is 0 Å². The molecule has 0 atom stereocenters. The minimum Gasteiger partial charge on any atom is -0.312 e. The first-order valence-corrected chi connectivity index (χ1v) is 6.33. The number of nitrogens with one attached hydrogen (secondary N) is 1. The molecule has 3 aromatic heterocycles. The Balaban J connectivity index is 2.20. The highest BCUT2D eigenvalue weighted by Gasteiger charge is 2.18. The first-order chi connectivity index (χ1) is 9.38. The van der Waals surface area contributed by atoms with Gasteiger partial charge in [-0.1, -0.05) is 0 Å². The van der Waals surface area contributed by atoms with Crippen LogP contribution >= 0.6 is 0 Å². The lowest BCUT2D eigenvalue weighted by Gasteiger charge is -2.18. The van der Waals surface area contributed by atoms with Crippen LogP contribution < -0.4 is 5.56 Å². The van der Waals surface area contributed by atoms with Gasteiger partial charge in [-0.25, -0.2) is 9.97 Å². The Hall–Kier alpha value is -2.44. The predicted molar refractivity (Wildman–Crippen MR) is 75.3 cm³/mol. The van der Waals surface area contributed by atoms with Gasteiger partial charge in [-0.2, -0.15) is 5.10 Å². The van der Waals surface area contributed by atoms with E-state index in [1.165, 1.54) is 6.33 Å². The van der Waals surface area contributed by atoms with Crippen molar-refractivity contribution in [3.05, 3.63) is 29.1 Å². The quantitative estimate of drug-likeness (QED) is 0.723. The minimum atomic E-state index is -0.236. The highest BCUT2D eigenvalue weighted by atomic mass is 16.1. The Morgan fingerprint density at radius 2 is 2.05 bits per heavy atom. The molecule has 0 bridgehead atoms. The summed E-state index contributed by atoms with van der Waals surface area (Å²) in [7, 11) is 1.84. The molecule has 0 aliphatic rings. The number of nitrogens with zero attached hydrogens (tertiary/aromatic N) is 5. The normalized spacial score (nSPS) is 12.2. The average molecular weight is 272 g/mol. The Kier molecular flexibility index (Phi) is 2.53. The van der Waals surface area contributed by atoms with Crippen molar-refractivity contribution < 1.29 is 0 Å². The SMILES string of the molecule is Cn1c(-c2cnn(C(C)(C)C)c2)nc2c(=O)[nH]cnc21. The first kappa shape index (κ1) is 12.6. The summed E-state index contributed by atoms with van der Waals surface area (Å²) in [4.78, 5) is 22.8. The van der Waals surface area contributed by atoms with E-state index in [1.807, 2.05) is 17.9 Å². The molecule has 0 aliphatic heterocycles. The molecule has 0 aromatic carbocycles. The Bertz CT molecular complexity index is 833. The second-order valence-electron chi connectivity index (χ2n) is 5.74. The molecule has 3 aromatic rings. The number of hydrogen-bond acceptors (Lipinski definition) is 4. The van der Waals surface area contributed by atoms with Gasteiger partial charge in [0.2, 0.25) is 0 Å². The van der Waals surface area contributed by atoms with Crippen LogP contribution in [0.1, 0.15) is 20.8 Å². The summed E-state index contributed by atoms with van der Waals surface area (Å²) in [6.45, 7) is 6.22. The molecule has 104 valence electrons. The number of imidazole rings is 1. The van der Waals surface area contributed by atoms with E-state index in [0.717, 1.165) is 5.56 Å². The smallest absolute Gasteiger partial charge is 0.278 e. The highest BCUT2D eigenvalue weighted by molar-refractivity contribution is 5.75. The number of rotatable bonds is 1. The number of aromatic nitrogens is 6. The third kappa shape index (κ3) is 1.82. The lowest BCUT2D eigenvalue weighted by molar-refractivity contribution is 0.355. The zero-order valence-electron chi connectivity index (χ0n) is 11.9. The third-order valence-electron chi connectivity index (χ3n) is 3.19. The number of H-pyrrole nitrogens is 1. The molecule has 3 rings (SSSR count). The van der Waals surface area contributed by atoms with Crippen LogP contribution in [-0.2, 0) is 12.6 Å². The van der Waals surface area contributed by atoms with Crippen LogP contribution in [0.5, 0.6) is 0 Å². The summed E-state index contributed by atoms with van der Waals surface area (Å²) >= 11 is 0. The number of hydrogen-bond donors (Lipinski definition) is 1. The van der Waals surface area contributed by atoms with Crippen LogP contribution in [-0.4, -0.2) is 29.3 Å². The monoisotopic (exact) mass is 272 g/mol. The highest BCUT2D eigenvalue weighted by Crippen LogP contribution is 2.22. The fourth-order valence-electron chi connectivity index (χ4n) is 2.07. The molecule has 0 aliphatic carbocycles. The Labute approximate surface area is 115 Å². The van der Waals surface area contributed by atoms with Gasteiger partial charge in [-0.3, -0.25) is 9.48 Å². The Morgan fingerprint density at radius 3 is 2.65 bits per heavy atom. The first-order valence-electron chi connectivity index (χ1n) is 6.33. The standard InChI is InChI=1S/C13H16N6O/c1-13(2,3)19-6-8(5-16-19)10-17-9-11(18(10)4)14-7-15-12(9)20/h5-7H,1-4H3,(H,14,15,20). The number of aromatic amines is 1. The maximum Gasteiger partial charge on any atom is 0.278 e. The third-order valence-corrected chi connectivity index (χ3v) is 3.19. The number of fused-ring (bicyclic) bond motifs is 1. The molecule has 0 radical (unpaired) electrons. The average Bonchev–Trinajstić information content (AvgIpc) is 2.95. The summed E-state index contributed by atoms with van der Waals surface area (Å²) in [6.07, 6.45) is 5.06. The second-order valence-corrected chi connectivity index (χ2v) is 5.74.